The topological polar surface area (TPSA) is 126 Å². The van der Waals surface area contributed by atoms with Gasteiger partial charge < -0.3 is 4.74 Å². The van der Waals surface area contributed by atoms with Crippen LogP contribution in [0, 0.1) is 0 Å². The first-order chi connectivity index (χ1) is 15.9. The molecule has 0 aliphatic rings. The molecule has 0 saturated heterocycles. The van der Waals surface area contributed by atoms with Gasteiger partial charge in [0.1, 0.15) is 5.75 Å². The number of rotatable bonds is 7. The Balaban J connectivity index is 1.56. The van der Waals surface area contributed by atoms with E-state index in [2.05, 4.69) is 25.2 Å². The molecule has 3 aromatic carbocycles. The molecule has 4 rings (SSSR count). The summed E-state index contributed by atoms with van der Waals surface area (Å²) in [6.07, 6.45) is 0. The van der Waals surface area contributed by atoms with E-state index < -0.39 is 15.9 Å². The number of sulfonamides is 1. The number of hydrogen-bond donors (Lipinski definition) is 3. The fraction of sp³-hybridized carbons (Fsp3) is 0.0455. The number of carbonyl (C=O) groups excluding carboxylic acids is 1. The van der Waals surface area contributed by atoms with Crippen LogP contribution >= 0.6 is 11.6 Å². The highest BCUT2D eigenvalue weighted by molar-refractivity contribution is 7.92. The molecule has 0 spiro atoms. The Hall–Kier alpha value is -3.89. The van der Waals surface area contributed by atoms with Crippen LogP contribution in [0.5, 0.6) is 5.75 Å². The zero-order valence-corrected chi connectivity index (χ0v) is 18.8. The molecule has 0 saturated carbocycles. The summed E-state index contributed by atoms with van der Waals surface area (Å²) in [6, 6.07) is 19.1. The summed E-state index contributed by atoms with van der Waals surface area (Å²) in [6.45, 7) is 0. The number of ether oxygens (including phenoxy) is 1. The third kappa shape index (κ3) is 4.97. The summed E-state index contributed by atoms with van der Waals surface area (Å²) in [7, 11) is -2.40. The molecule has 0 radical (unpaired) electrons. The van der Waals surface area contributed by atoms with Gasteiger partial charge in [0, 0.05) is 5.02 Å². The van der Waals surface area contributed by atoms with Crippen LogP contribution < -0.4 is 14.8 Å². The number of nitrogens with one attached hydrogen (secondary N) is 3. The number of aromatic nitrogens is 3. The molecule has 1 amide bonds. The number of nitrogens with zero attached hydrogens (tertiary/aromatic N) is 2. The number of H-pyrrole nitrogens is 1. The van der Waals surface area contributed by atoms with Crippen LogP contribution in [0.4, 0.5) is 11.6 Å². The Labute approximate surface area is 194 Å². The molecule has 1 heterocycles. The van der Waals surface area contributed by atoms with Crippen molar-refractivity contribution in [1.29, 1.82) is 0 Å². The maximum Gasteiger partial charge on any atom is 0.261 e. The van der Waals surface area contributed by atoms with Gasteiger partial charge >= 0.3 is 0 Å². The lowest BCUT2D eigenvalue weighted by Crippen LogP contribution is -2.19. The molecule has 168 valence electrons. The molecule has 4 aromatic rings. The summed E-state index contributed by atoms with van der Waals surface area (Å²) in [4.78, 5) is 17.2. The number of methoxy groups -OCH3 is 1. The van der Waals surface area contributed by atoms with Crippen LogP contribution in [0.3, 0.4) is 0 Å². The quantitative estimate of drug-likeness (QED) is 0.362. The van der Waals surface area contributed by atoms with Crippen molar-refractivity contribution in [1.82, 2.24) is 15.2 Å². The Morgan fingerprint density at radius 1 is 1.00 bits per heavy atom. The second-order valence-electron chi connectivity index (χ2n) is 6.77. The van der Waals surface area contributed by atoms with E-state index in [1.807, 2.05) is 12.1 Å². The van der Waals surface area contributed by atoms with Crippen molar-refractivity contribution < 1.29 is 17.9 Å². The van der Waals surface area contributed by atoms with E-state index in [4.69, 9.17) is 16.3 Å². The van der Waals surface area contributed by atoms with E-state index in [1.165, 1.54) is 36.4 Å². The molecule has 0 atom stereocenters. The van der Waals surface area contributed by atoms with E-state index in [-0.39, 0.29) is 22.1 Å². The van der Waals surface area contributed by atoms with Crippen LogP contribution in [0.15, 0.2) is 77.7 Å². The highest BCUT2D eigenvalue weighted by Crippen LogP contribution is 2.27. The van der Waals surface area contributed by atoms with Crippen molar-refractivity contribution in [3.8, 4) is 17.1 Å². The minimum Gasteiger partial charge on any atom is -0.496 e. The van der Waals surface area contributed by atoms with Crippen LogP contribution in [0.1, 0.15) is 10.4 Å². The average Bonchev–Trinajstić information content (AvgIpc) is 3.27. The largest absolute Gasteiger partial charge is 0.496 e. The maximum atomic E-state index is 12.9. The zero-order chi connectivity index (χ0) is 23.4. The zero-order valence-electron chi connectivity index (χ0n) is 17.2. The Bertz CT molecular complexity index is 1400. The fourth-order valence-electron chi connectivity index (χ4n) is 3.03. The maximum absolute atomic E-state index is 12.9. The predicted octanol–water partition coefficient (Wildman–Crippen LogP) is 4.19. The van der Waals surface area contributed by atoms with Gasteiger partial charge in [0.05, 0.1) is 28.8 Å². The average molecular weight is 484 g/mol. The van der Waals surface area contributed by atoms with Gasteiger partial charge in [0.2, 0.25) is 5.95 Å². The number of carbonyl (C=O) groups is 1. The van der Waals surface area contributed by atoms with Crippen molar-refractivity contribution in [3.05, 3.63) is 83.4 Å². The summed E-state index contributed by atoms with van der Waals surface area (Å²) in [5.74, 6) is 0.430. The minimum absolute atomic E-state index is 0.0116. The molecule has 0 bridgehead atoms. The van der Waals surface area contributed by atoms with Crippen molar-refractivity contribution in [2.75, 3.05) is 17.1 Å². The number of halogens is 1. The van der Waals surface area contributed by atoms with Crippen LogP contribution in [0.25, 0.3) is 11.4 Å². The van der Waals surface area contributed by atoms with E-state index in [1.54, 1.807) is 31.4 Å². The molecule has 1 aromatic heterocycles. The second kappa shape index (κ2) is 9.31. The summed E-state index contributed by atoms with van der Waals surface area (Å²) < 4.78 is 33.2. The van der Waals surface area contributed by atoms with Crippen molar-refractivity contribution in [3.63, 3.8) is 0 Å². The van der Waals surface area contributed by atoms with Gasteiger partial charge in [-0.25, -0.2) is 8.42 Å². The normalized spacial score (nSPS) is 11.1. The first-order valence-electron chi connectivity index (χ1n) is 9.62. The highest BCUT2D eigenvalue weighted by Gasteiger charge is 2.20. The van der Waals surface area contributed by atoms with Gasteiger partial charge in [-0.3, -0.25) is 19.9 Å². The molecule has 0 unspecified atom stereocenters. The van der Waals surface area contributed by atoms with Gasteiger partial charge in [0.25, 0.3) is 15.9 Å². The third-order valence-electron chi connectivity index (χ3n) is 4.61. The van der Waals surface area contributed by atoms with Crippen LogP contribution in [-0.2, 0) is 10.0 Å². The van der Waals surface area contributed by atoms with E-state index in [9.17, 15) is 13.2 Å². The smallest absolute Gasteiger partial charge is 0.261 e. The Kier molecular flexibility index (Phi) is 6.29. The molecule has 3 N–H and O–H groups in total. The first kappa shape index (κ1) is 22.3. The van der Waals surface area contributed by atoms with E-state index >= 15 is 0 Å². The molecular formula is C22H18ClN5O4S. The predicted molar refractivity (Wildman–Crippen MR) is 125 cm³/mol. The molecule has 9 nitrogen and oxygen atoms in total. The number of aromatic amines is 1. The van der Waals surface area contributed by atoms with Gasteiger partial charge in [0.15, 0.2) is 5.82 Å². The third-order valence-corrected chi connectivity index (χ3v) is 6.25. The first-order valence-corrected chi connectivity index (χ1v) is 11.5. The Morgan fingerprint density at radius 2 is 1.70 bits per heavy atom. The van der Waals surface area contributed by atoms with Crippen LogP contribution in [0.2, 0.25) is 5.02 Å². The van der Waals surface area contributed by atoms with Gasteiger partial charge in [-0.2, -0.15) is 4.98 Å². The van der Waals surface area contributed by atoms with Gasteiger partial charge in [-0.1, -0.05) is 35.9 Å². The summed E-state index contributed by atoms with van der Waals surface area (Å²) in [5, 5.41) is 9.76. The van der Waals surface area contributed by atoms with Crippen LogP contribution in [-0.4, -0.2) is 36.6 Å². The lowest BCUT2D eigenvalue weighted by Gasteiger charge is -2.12. The number of anilines is 2. The lowest BCUT2D eigenvalue weighted by molar-refractivity contribution is 0.102. The minimum atomic E-state index is -3.94. The number of hydrogen-bond acceptors (Lipinski definition) is 6. The molecule has 0 aliphatic carbocycles. The molecule has 0 aliphatic heterocycles. The fourth-order valence-corrected chi connectivity index (χ4v) is 4.24. The van der Waals surface area contributed by atoms with E-state index in [0.29, 0.717) is 22.2 Å². The van der Waals surface area contributed by atoms with E-state index in [0.717, 1.165) is 0 Å². The van der Waals surface area contributed by atoms with Crippen molar-refractivity contribution in [2.24, 2.45) is 0 Å². The SMILES string of the molecule is COc1ccccc1-c1nc(NC(=O)c2ccccc2NS(=O)(=O)c2ccc(Cl)cc2)n[nH]1. The van der Waals surface area contributed by atoms with Gasteiger partial charge in [-0.05, 0) is 48.5 Å². The standard InChI is InChI=1S/C22H18ClN5O4S/c1-32-19-9-5-3-7-17(19)20-24-22(27-26-20)25-21(29)16-6-2-4-8-18(16)28-33(30,31)15-12-10-14(23)11-13-15/h2-13,28H,1H3,(H2,24,25,26,27,29). The number of amides is 1. The van der Waals surface area contributed by atoms with Crippen molar-refractivity contribution in [2.45, 2.75) is 4.90 Å². The molecule has 0 fully saturated rings. The molecular weight excluding hydrogens is 466 g/mol. The molecule has 33 heavy (non-hydrogen) atoms. The Morgan fingerprint density at radius 3 is 2.45 bits per heavy atom. The number of benzene rings is 3. The second-order valence-corrected chi connectivity index (χ2v) is 8.89. The highest BCUT2D eigenvalue weighted by atomic mass is 35.5. The lowest BCUT2D eigenvalue weighted by atomic mass is 10.2. The van der Waals surface area contributed by atoms with Crippen molar-refractivity contribution >= 4 is 39.2 Å². The summed E-state index contributed by atoms with van der Waals surface area (Å²) in [5.41, 5.74) is 0.869. The number of para-hydroxylation sites is 2. The monoisotopic (exact) mass is 483 g/mol. The molecule has 11 heteroatoms. The van der Waals surface area contributed by atoms with Gasteiger partial charge in [-0.15, -0.1) is 5.10 Å². The summed E-state index contributed by atoms with van der Waals surface area (Å²) >= 11 is 5.83.